The first kappa shape index (κ1) is 10.0. The summed E-state index contributed by atoms with van der Waals surface area (Å²) in [5.41, 5.74) is 2.24. The van der Waals surface area contributed by atoms with Gasteiger partial charge >= 0.3 is 0 Å². The molecule has 13 heavy (non-hydrogen) atoms. The van der Waals surface area contributed by atoms with Gasteiger partial charge in [0.25, 0.3) is 0 Å². The maximum absolute atomic E-state index is 11.2. The van der Waals surface area contributed by atoms with E-state index in [1.807, 2.05) is 26.2 Å². The molecule has 0 fully saturated rings. The van der Waals surface area contributed by atoms with E-state index in [-0.39, 0.29) is 5.78 Å². The predicted octanol–water partition coefficient (Wildman–Crippen LogP) is 1.99. The van der Waals surface area contributed by atoms with E-state index in [1.165, 1.54) is 5.70 Å². The molecule has 0 aromatic heterocycles. The Morgan fingerprint density at radius 1 is 1.46 bits per heavy atom. The van der Waals surface area contributed by atoms with E-state index in [4.69, 9.17) is 0 Å². The van der Waals surface area contributed by atoms with Gasteiger partial charge in [-0.3, -0.25) is 4.79 Å². The third-order valence-corrected chi connectivity index (χ3v) is 2.48. The fourth-order valence-electron chi connectivity index (χ4n) is 1.64. The van der Waals surface area contributed by atoms with Gasteiger partial charge < -0.3 is 4.90 Å². The van der Waals surface area contributed by atoms with Crippen molar-refractivity contribution in [2.75, 3.05) is 14.1 Å². The fraction of sp³-hybridized carbons (Fsp3) is 0.545. The zero-order valence-corrected chi connectivity index (χ0v) is 8.79. The highest BCUT2D eigenvalue weighted by molar-refractivity contribution is 5.94. The molecule has 2 nitrogen and oxygen atoms in total. The molecule has 0 bridgehead atoms. The Morgan fingerprint density at radius 3 is 2.46 bits per heavy atom. The zero-order chi connectivity index (χ0) is 10.0. The monoisotopic (exact) mass is 179 g/mol. The van der Waals surface area contributed by atoms with Crippen molar-refractivity contribution in [2.24, 2.45) is 5.92 Å². The molecule has 0 saturated carbocycles. The number of allylic oxidation sites excluding steroid dienone is 4. The molecule has 1 aliphatic rings. The van der Waals surface area contributed by atoms with Gasteiger partial charge in [0.15, 0.2) is 5.78 Å². The minimum absolute atomic E-state index is 0.196. The van der Waals surface area contributed by atoms with Gasteiger partial charge in [0.1, 0.15) is 0 Å². The summed E-state index contributed by atoms with van der Waals surface area (Å²) in [7, 11) is 4.07. The van der Waals surface area contributed by atoms with Crippen LogP contribution in [0.25, 0.3) is 0 Å². The Bertz CT molecular complexity index is 274. The lowest BCUT2D eigenvalue weighted by Crippen LogP contribution is -2.19. The van der Waals surface area contributed by atoms with E-state index in [0.717, 1.165) is 12.0 Å². The Labute approximate surface area is 79.9 Å². The highest BCUT2D eigenvalue weighted by atomic mass is 16.1. The van der Waals surface area contributed by atoms with Crippen LogP contribution >= 0.6 is 0 Å². The molecule has 0 radical (unpaired) electrons. The number of carbonyl (C=O) groups is 1. The quantitative estimate of drug-likeness (QED) is 0.646. The number of rotatable bonds is 2. The van der Waals surface area contributed by atoms with E-state index in [1.54, 1.807) is 6.92 Å². The van der Waals surface area contributed by atoms with Crippen LogP contribution < -0.4 is 0 Å². The number of Topliss-reactive ketones (excluding diaryl/α,β-unsaturated/α-hetero) is 1. The number of hydrogen-bond donors (Lipinski definition) is 0. The first-order chi connectivity index (χ1) is 6.02. The second kappa shape index (κ2) is 3.77. The third-order valence-electron chi connectivity index (χ3n) is 2.48. The summed E-state index contributed by atoms with van der Waals surface area (Å²) in [6, 6.07) is 0. The summed E-state index contributed by atoms with van der Waals surface area (Å²) in [5, 5.41) is 0. The molecule has 1 rings (SSSR count). The van der Waals surface area contributed by atoms with Gasteiger partial charge in [0.05, 0.1) is 0 Å². The minimum Gasteiger partial charge on any atom is -0.381 e. The molecular formula is C11H17NO. The molecule has 0 aromatic carbocycles. The van der Waals surface area contributed by atoms with Crippen molar-refractivity contribution in [3.05, 3.63) is 23.4 Å². The van der Waals surface area contributed by atoms with Crippen LogP contribution in [0.5, 0.6) is 0 Å². The highest BCUT2D eigenvalue weighted by Crippen LogP contribution is 2.25. The summed E-state index contributed by atoms with van der Waals surface area (Å²) in [4.78, 5) is 13.3. The molecule has 72 valence electrons. The molecule has 0 heterocycles. The molecule has 0 aromatic rings. The molecule has 0 aliphatic heterocycles. The maximum atomic E-state index is 11.2. The number of carbonyl (C=O) groups excluding carboxylic acids is 1. The van der Waals surface area contributed by atoms with E-state index in [9.17, 15) is 4.79 Å². The van der Waals surface area contributed by atoms with Gasteiger partial charge in [0.2, 0.25) is 0 Å². The summed E-state index contributed by atoms with van der Waals surface area (Å²) in [5.74, 6) is 0.557. The van der Waals surface area contributed by atoms with E-state index in [2.05, 4.69) is 11.8 Å². The van der Waals surface area contributed by atoms with E-state index < -0.39 is 0 Å². The predicted molar refractivity (Wildman–Crippen MR) is 54.3 cm³/mol. The Balaban J connectivity index is 2.87. The van der Waals surface area contributed by atoms with E-state index in [0.29, 0.717) is 5.92 Å². The van der Waals surface area contributed by atoms with Gasteiger partial charge in [-0.15, -0.1) is 0 Å². The van der Waals surface area contributed by atoms with E-state index >= 15 is 0 Å². The third kappa shape index (κ3) is 2.20. The van der Waals surface area contributed by atoms with Crippen LogP contribution in [0.2, 0.25) is 0 Å². The molecule has 1 atom stereocenters. The zero-order valence-electron chi connectivity index (χ0n) is 8.79. The summed E-state index contributed by atoms with van der Waals surface area (Å²) in [6.07, 6.45) is 4.96. The van der Waals surface area contributed by atoms with Crippen LogP contribution in [0, 0.1) is 5.92 Å². The second-order valence-corrected chi connectivity index (χ2v) is 3.84. The standard InChI is InChI=1S/C11H17NO/c1-8-7-10(12(3)4)5-6-11(8)9(2)13/h5-6,8H,7H2,1-4H3. The van der Waals surface area contributed by atoms with Gasteiger partial charge in [-0.1, -0.05) is 13.0 Å². The van der Waals surface area contributed by atoms with Gasteiger partial charge in [0, 0.05) is 19.8 Å². The largest absolute Gasteiger partial charge is 0.381 e. The van der Waals surface area contributed by atoms with Crippen molar-refractivity contribution in [3.8, 4) is 0 Å². The topological polar surface area (TPSA) is 20.3 Å². The molecule has 0 saturated heterocycles. The molecular weight excluding hydrogens is 162 g/mol. The summed E-state index contributed by atoms with van der Waals surface area (Å²) in [6.45, 7) is 3.74. The normalized spacial score (nSPS) is 22.0. The first-order valence-corrected chi connectivity index (χ1v) is 4.61. The van der Waals surface area contributed by atoms with Crippen molar-refractivity contribution in [1.29, 1.82) is 0 Å². The van der Waals surface area contributed by atoms with Gasteiger partial charge in [-0.05, 0) is 30.9 Å². The fourth-order valence-corrected chi connectivity index (χ4v) is 1.64. The van der Waals surface area contributed by atoms with Crippen LogP contribution in [0.3, 0.4) is 0 Å². The lowest BCUT2D eigenvalue weighted by Gasteiger charge is -2.24. The maximum Gasteiger partial charge on any atom is 0.156 e. The molecule has 0 N–H and O–H groups in total. The molecule has 1 unspecified atom stereocenters. The lowest BCUT2D eigenvalue weighted by atomic mass is 9.89. The summed E-state index contributed by atoms with van der Waals surface area (Å²) >= 11 is 0. The Hall–Kier alpha value is -1.05. The van der Waals surface area contributed by atoms with Crippen molar-refractivity contribution in [2.45, 2.75) is 20.3 Å². The highest BCUT2D eigenvalue weighted by Gasteiger charge is 2.18. The smallest absolute Gasteiger partial charge is 0.156 e. The SMILES string of the molecule is CC(=O)C1=CC=C(N(C)C)CC1C. The van der Waals surface area contributed by atoms with Crippen molar-refractivity contribution in [1.82, 2.24) is 4.90 Å². The van der Waals surface area contributed by atoms with Gasteiger partial charge in [-0.25, -0.2) is 0 Å². The van der Waals surface area contributed by atoms with Crippen molar-refractivity contribution >= 4 is 5.78 Å². The molecule has 1 aliphatic carbocycles. The Kier molecular flexibility index (Phi) is 2.91. The average Bonchev–Trinajstić information content (AvgIpc) is 2.03. The lowest BCUT2D eigenvalue weighted by molar-refractivity contribution is -0.114. The molecule has 0 spiro atoms. The minimum atomic E-state index is 0.196. The van der Waals surface area contributed by atoms with Gasteiger partial charge in [-0.2, -0.15) is 0 Å². The van der Waals surface area contributed by atoms with Crippen molar-refractivity contribution in [3.63, 3.8) is 0 Å². The number of hydrogen-bond acceptors (Lipinski definition) is 2. The van der Waals surface area contributed by atoms with Crippen LogP contribution in [0.15, 0.2) is 23.4 Å². The van der Waals surface area contributed by atoms with Crippen LogP contribution in [0.4, 0.5) is 0 Å². The van der Waals surface area contributed by atoms with Crippen LogP contribution in [0.1, 0.15) is 20.3 Å². The van der Waals surface area contributed by atoms with Crippen molar-refractivity contribution < 1.29 is 4.79 Å². The Morgan fingerprint density at radius 2 is 2.08 bits per heavy atom. The summed E-state index contributed by atoms with van der Waals surface area (Å²) < 4.78 is 0. The van der Waals surface area contributed by atoms with Crippen LogP contribution in [-0.2, 0) is 4.79 Å². The second-order valence-electron chi connectivity index (χ2n) is 3.84. The van der Waals surface area contributed by atoms with Crippen LogP contribution in [-0.4, -0.2) is 24.8 Å². The first-order valence-electron chi connectivity index (χ1n) is 4.61. The molecule has 2 heteroatoms. The average molecular weight is 179 g/mol. The molecule has 0 amide bonds. The number of nitrogens with zero attached hydrogens (tertiary/aromatic N) is 1. The number of ketones is 1.